The van der Waals surface area contributed by atoms with Gasteiger partial charge < -0.3 is 10.6 Å². The zero-order valence-electron chi connectivity index (χ0n) is 14.4. The lowest BCUT2D eigenvalue weighted by Gasteiger charge is -2.25. The maximum absolute atomic E-state index is 11.4. The molecule has 1 fully saturated rings. The Hall–Kier alpha value is -1.60. The summed E-state index contributed by atoms with van der Waals surface area (Å²) in [5.41, 5.74) is 1.30. The number of nitrogens with one attached hydrogen (secondary N) is 2. The Morgan fingerprint density at radius 2 is 1.88 bits per heavy atom. The van der Waals surface area contributed by atoms with Crippen LogP contribution in [-0.2, 0) is 16.3 Å². The lowest BCUT2D eigenvalue weighted by molar-refractivity contribution is 0.304. The van der Waals surface area contributed by atoms with E-state index < -0.39 is 9.84 Å². The fraction of sp³-hybridized carbons (Fsp3) is 0.588. The predicted octanol–water partition coefficient (Wildman–Crippen LogP) is 0.515. The van der Waals surface area contributed by atoms with Crippen molar-refractivity contribution in [1.29, 1.82) is 0 Å². The first-order valence-corrected chi connectivity index (χ1v) is 10.4. The Kier molecular flexibility index (Phi) is 7.52. The highest BCUT2D eigenvalue weighted by Crippen LogP contribution is 2.03. The third-order valence-corrected chi connectivity index (χ3v) is 5.63. The molecule has 0 spiro atoms. The van der Waals surface area contributed by atoms with E-state index in [1.54, 1.807) is 0 Å². The lowest BCUT2D eigenvalue weighted by atomic mass is 10.1. The summed E-state index contributed by atoms with van der Waals surface area (Å²) in [4.78, 5) is 6.74. The molecule has 2 rings (SSSR count). The molecule has 0 atom stereocenters. The van der Waals surface area contributed by atoms with Crippen molar-refractivity contribution in [1.82, 2.24) is 15.5 Å². The zero-order valence-corrected chi connectivity index (χ0v) is 15.2. The smallest absolute Gasteiger partial charge is 0.191 e. The van der Waals surface area contributed by atoms with Gasteiger partial charge in [0.1, 0.15) is 0 Å². The summed E-state index contributed by atoms with van der Waals surface area (Å²) in [7, 11) is -2.81. The number of hydrogen-bond acceptors (Lipinski definition) is 4. The molecule has 0 radical (unpaired) electrons. The van der Waals surface area contributed by atoms with Gasteiger partial charge in [0.15, 0.2) is 15.8 Å². The van der Waals surface area contributed by atoms with Crippen LogP contribution in [-0.4, -0.2) is 70.1 Å². The van der Waals surface area contributed by atoms with E-state index in [1.165, 1.54) is 5.56 Å². The quantitative estimate of drug-likeness (QED) is 0.553. The highest BCUT2D eigenvalue weighted by Gasteiger charge is 2.20. The van der Waals surface area contributed by atoms with Crippen molar-refractivity contribution in [3.8, 4) is 0 Å². The van der Waals surface area contributed by atoms with Crippen molar-refractivity contribution in [2.75, 3.05) is 50.8 Å². The summed E-state index contributed by atoms with van der Waals surface area (Å²) in [5.74, 6) is 1.36. The highest BCUT2D eigenvalue weighted by atomic mass is 32.2. The largest absolute Gasteiger partial charge is 0.357 e. The number of aliphatic imine (C=N–C) groups is 1. The summed E-state index contributed by atoms with van der Waals surface area (Å²) < 4.78 is 22.8. The molecule has 0 amide bonds. The summed E-state index contributed by atoms with van der Waals surface area (Å²) in [5, 5.41) is 6.59. The normalized spacial score (nSPS) is 18.3. The Balaban J connectivity index is 1.72. The molecule has 0 unspecified atom stereocenters. The first-order chi connectivity index (χ1) is 11.6. The van der Waals surface area contributed by atoms with Crippen molar-refractivity contribution in [3.05, 3.63) is 35.9 Å². The molecule has 2 N–H and O–H groups in total. The molecule has 1 saturated heterocycles. The van der Waals surface area contributed by atoms with Gasteiger partial charge in [0.2, 0.25) is 0 Å². The van der Waals surface area contributed by atoms with Crippen LogP contribution < -0.4 is 10.6 Å². The molecule has 7 heteroatoms. The number of sulfone groups is 1. The van der Waals surface area contributed by atoms with E-state index in [9.17, 15) is 8.42 Å². The monoisotopic (exact) mass is 352 g/mol. The molecule has 24 heavy (non-hydrogen) atoms. The van der Waals surface area contributed by atoms with E-state index in [0.717, 1.165) is 32.0 Å². The number of rotatable bonds is 7. The van der Waals surface area contributed by atoms with Crippen LogP contribution >= 0.6 is 0 Å². The second kappa shape index (κ2) is 9.64. The second-order valence-electron chi connectivity index (χ2n) is 5.92. The first-order valence-electron chi connectivity index (χ1n) is 8.58. The highest BCUT2D eigenvalue weighted by molar-refractivity contribution is 7.91. The molecule has 0 bridgehead atoms. The van der Waals surface area contributed by atoms with Crippen molar-refractivity contribution in [2.45, 2.75) is 13.3 Å². The van der Waals surface area contributed by atoms with Gasteiger partial charge >= 0.3 is 0 Å². The maximum Gasteiger partial charge on any atom is 0.191 e. The van der Waals surface area contributed by atoms with Gasteiger partial charge in [-0.3, -0.25) is 9.89 Å². The fourth-order valence-electron chi connectivity index (χ4n) is 2.59. The van der Waals surface area contributed by atoms with Crippen LogP contribution in [0.4, 0.5) is 0 Å². The van der Waals surface area contributed by atoms with Crippen molar-refractivity contribution in [3.63, 3.8) is 0 Å². The first kappa shape index (κ1) is 18.7. The minimum absolute atomic E-state index is 0.270. The predicted molar refractivity (Wildman–Crippen MR) is 99.2 cm³/mol. The molecule has 1 aromatic carbocycles. The molecular weight excluding hydrogens is 324 g/mol. The minimum Gasteiger partial charge on any atom is -0.357 e. The van der Waals surface area contributed by atoms with Gasteiger partial charge in [-0.05, 0) is 18.9 Å². The molecule has 0 saturated carbocycles. The molecule has 0 aliphatic carbocycles. The SMILES string of the molecule is CCNC(=NCCN1CCS(=O)(=O)CC1)NCCc1ccccc1. The van der Waals surface area contributed by atoms with Crippen LogP contribution in [0.25, 0.3) is 0 Å². The van der Waals surface area contributed by atoms with Gasteiger partial charge in [-0.25, -0.2) is 8.42 Å². The summed E-state index contributed by atoms with van der Waals surface area (Å²) in [6, 6.07) is 10.4. The summed E-state index contributed by atoms with van der Waals surface area (Å²) in [6.07, 6.45) is 0.954. The zero-order chi connectivity index (χ0) is 17.3. The second-order valence-corrected chi connectivity index (χ2v) is 8.22. The van der Waals surface area contributed by atoms with Crippen molar-refractivity contribution < 1.29 is 8.42 Å². The third kappa shape index (κ3) is 6.88. The van der Waals surface area contributed by atoms with Gasteiger partial charge in [-0.1, -0.05) is 30.3 Å². The average molecular weight is 353 g/mol. The Bertz CT molecular complexity index is 603. The number of nitrogens with zero attached hydrogens (tertiary/aromatic N) is 2. The van der Waals surface area contributed by atoms with Crippen LogP contribution in [0, 0.1) is 0 Å². The van der Waals surface area contributed by atoms with Crippen LogP contribution in [0.15, 0.2) is 35.3 Å². The molecule has 6 nitrogen and oxygen atoms in total. The third-order valence-electron chi connectivity index (χ3n) is 4.02. The van der Waals surface area contributed by atoms with E-state index in [4.69, 9.17) is 0 Å². The molecule has 1 aliphatic rings. The molecule has 134 valence electrons. The van der Waals surface area contributed by atoms with Crippen LogP contribution in [0.5, 0.6) is 0 Å². The maximum atomic E-state index is 11.4. The topological polar surface area (TPSA) is 73.8 Å². The Morgan fingerprint density at radius 3 is 2.54 bits per heavy atom. The molecule has 1 aromatic rings. The molecule has 0 aromatic heterocycles. The van der Waals surface area contributed by atoms with E-state index >= 15 is 0 Å². The fourth-order valence-corrected chi connectivity index (χ4v) is 3.87. The van der Waals surface area contributed by atoms with E-state index in [0.29, 0.717) is 19.6 Å². The van der Waals surface area contributed by atoms with E-state index in [1.807, 2.05) is 25.1 Å². The average Bonchev–Trinajstić information content (AvgIpc) is 2.57. The van der Waals surface area contributed by atoms with Gasteiger partial charge in [0.05, 0.1) is 18.1 Å². The van der Waals surface area contributed by atoms with Crippen LogP contribution in [0.3, 0.4) is 0 Å². The van der Waals surface area contributed by atoms with Gasteiger partial charge in [-0.15, -0.1) is 0 Å². The Morgan fingerprint density at radius 1 is 1.17 bits per heavy atom. The van der Waals surface area contributed by atoms with Gasteiger partial charge in [-0.2, -0.15) is 0 Å². The van der Waals surface area contributed by atoms with Crippen LogP contribution in [0.1, 0.15) is 12.5 Å². The lowest BCUT2D eigenvalue weighted by Crippen LogP contribution is -2.42. The standard InChI is InChI=1S/C17H28N4O2S/c1-2-18-17(19-9-8-16-6-4-3-5-7-16)20-10-11-21-12-14-24(22,23)15-13-21/h3-7H,2,8-15H2,1H3,(H2,18,19,20). The number of guanidine groups is 1. The van der Waals surface area contributed by atoms with Gasteiger partial charge in [0, 0.05) is 32.7 Å². The summed E-state index contributed by atoms with van der Waals surface area (Å²) >= 11 is 0. The number of benzene rings is 1. The Labute approximate surface area is 145 Å². The summed E-state index contributed by atoms with van der Waals surface area (Å²) in [6.45, 7) is 6.40. The molecule has 1 aliphatic heterocycles. The van der Waals surface area contributed by atoms with E-state index in [-0.39, 0.29) is 11.5 Å². The molecule has 1 heterocycles. The van der Waals surface area contributed by atoms with Crippen molar-refractivity contribution >= 4 is 15.8 Å². The minimum atomic E-state index is -2.81. The number of hydrogen-bond donors (Lipinski definition) is 2. The van der Waals surface area contributed by atoms with Crippen LogP contribution in [0.2, 0.25) is 0 Å². The van der Waals surface area contributed by atoms with E-state index in [2.05, 4.69) is 32.7 Å². The van der Waals surface area contributed by atoms with Gasteiger partial charge in [0.25, 0.3) is 0 Å². The van der Waals surface area contributed by atoms with Crippen molar-refractivity contribution in [2.24, 2.45) is 4.99 Å². The molecular formula is C17H28N4O2S.